The molecule has 28 heavy (non-hydrogen) atoms. The fourth-order valence-corrected chi connectivity index (χ4v) is 3.51. The number of ether oxygens (including phenoxy) is 2. The molecule has 1 saturated heterocycles. The van der Waals surface area contributed by atoms with Crippen LogP contribution < -0.4 is 15.0 Å². The van der Waals surface area contributed by atoms with E-state index in [1.54, 1.807) is 7.05 Å². The number of carbonyl (C=O) groups excluding carboxylic acids is 2. The third-order valence-electron chi connectivity index (χ3n) is 4.16. The van der Waals surface area contributed by atoms with Gasteiger partial charge in [0.25, 0.3) is 5.19 Å². The Kier molecular flexibility index (Phi) is 6.30. The van der Waals surface area contributed by atoms with Crippen molar-refractivity contribution in [3.63, 3.8) is 0 Å². The molecule has 150 valence electrons. The molecule has 10 heteroatoms. The second kappa shape index (κ2) is 8.87. The van der Waals surface area contributed by atoms with E-state index >= 15 is 0 Å². The van der Waals surface area contributed by atoms with Crippen LogP contribution in [-0.4, -0.2) is 53.6 Å². The number of nitrogens with one attached hydrogen (secondary N) is 1. The number of aryl methyl sites for hydroxylation is 1. The average molecular weight is 405 g/mol. The fourth-order valence-electron chi connectivity index (χ4n) is 2.76. The average Bonchev–Trinajstić information content (AvgIpc) is 3.25. The lowest BCUT2D eigenvalue weighted by molar-refractivity contribution is 0.116. The number of urea groups is 1. The molecule has 3 amide bonds. The smallest absolute Gasteiger partial charge is 0.413 e. The molecular formula is C18H23N5O4S. The van der Waals surface area contributed by atoms with Crippen molar-refractivity contribution < 1.29 is 19.1 Å². The molecule has 1 aromatic carbocycles. The number of carbonyl (C=O) groups is 2. The minimum atomic E-state index is -0.807. The molecule has 9 nitrogen and oxygen atoms in total. The second-order valence-electron chi connectivity index (χ2n) is 6.23. The topological polar surface area (TPSA) is 96.9 Å². The first-order chi connectivity index (χ1) is 13.5. The zero-order chi connectivity index (χ0) is 20.1. The van der Waals surface area contributed by atoms with Crippen LogP contribution in [0.15, 0.2) is 24.3 Å². The molecule has 0 spiro atoms. The summed E-state index contributed by atoms with van der Waals surface area (Å²) in [4.78, 5) is 27.7. The van der Waals surface area contributed by atoms with Gasteiger partial charge in [-0.25, -0.2) is 14.5 Å². The summed E-state index contributed by atoms with van der Waals surface area (Å²) in [6.07, 6.45) is 0.175. The molecule has 3 rings (SSSR count). The summed E-state index contributed by atoms with van der Waals surface area (Å²) in [7, 11) is 1.64. The standard InChI is InChI=1S/C18H23N5O4S/c1-4-10-26-17-21-20-15(28-17)23-14(11-22(3)18(23)25)27-16(24)19-13-9-7-6-8-12(13)5-2/h6-9,14H,4-5,10-11H2,1-3H3,(H,19,24). The molecule has 2 aromatic rings. The number of para-hydroxylation sites is 1. The summed E-state index contributed by atoms with van der Waals surface area (Å²) < 4.78 is 11.0. The molecule has 1 atom stereocenters. The van der Waals surface area contributed by atoms with Gasteiger partial charge in [0.2, 0.25) is 11.4 Å². The van der Waals surface area contributed by atoms with Crippen molar-refractivity contribution in [3.05, 3.63) is 29.8 Å². The Balaban J connectivity index is 1.71. The lowest BCUT2D eigenvalue weighted by atomic mass is 10.1. The number of hydrogen-bond acceptors (Lipinski definition) is 7. The van der Waals surface area contributed by atoms with E-state index in [9.17, 15) is 9.59 Å². The number of rotatable bonds is 7. The zero-order valence-corrected chi connectivity index (χ0v) is 16.9. The van der Waals surface area contributed by atoms with Crippen LogP contribution in [0.5, 0.6) is 5.19 Å². The number of anilines is 2. The van der Waals surface area contributed by atoms with Crippen LogP contribution in [0.3, 0.4) is 0 Å². The molecule has 1 aliphatic heterocycles. The van der Waals surface area contributed by atoms with E-state index in [4.69, 9.17) is 9.47 Å². The molecule has 0 bridgehead atoms. The third-order valence-corrected chi connectivity index (χ3v) is 5.00. The maximum absolute atomic E-state index is 12.5. The Labute approximate surface area is 167 Å². The van der Waals surface area contributed by atoms with E-state index in [0.717, 1.165) is 29.7 Å². The molecule has 2 heterocycles. The van der Waals surface area contributed by atoms with Gasteiger partial charge in [0.1, 0.15) is 0 Å². The Hall–Kier alpha value is -2.88. The SMILES string of the molecule is CCCOc1nnc(N2C(=O)N(C)CC2OC(=O)Nc2ccccc2CC)s1. The highest BCUT2D eigenvalue weighted by molar-refractivity contribution is 7.17. The highest BCUT2D eigenvalue weighted by Crippen LogP contribution is 2.31. The van der Waals surface area contributed by atoms with Gasteiger partial charge in [-0.2, -0.15) is 0 Å². The first-order valence-corrected chi connectivity index (χ1v) is 9.91. The Morgan fingerprint density at radius 3 is 2.86 bits per heavy atom. The molecule has 1 aliphatic rings. The van der Waals surface area contributed by atoms with Crippen molar-refractivity contribution in [1.82, 2.24) is 15.1 Å². The van der Waals surface area contributed by atoms with Crippen LogP contribution in [0, 0.1) is 0 Å². The lowest BCUT2D eigenvalue weighted by Crippen LogP contribution is -2.38. The van der Waals surface area contributed by atoms with Gasteiger partial charge in [-0.15, -0.1) is 5.10 Å². The first kappa shape index (κ1) is 19.9. The molecular weight excluding hydrogens is 382 g/mol. The molecule has 1 N–H and O–H groups in total. The summed E-state index contributed by atoms with van der Waals surface area (Å²) in [5.41, 5.74) is 1.68. The maximum Gasteiger partial charge on any atom is 0.413 e. The summed E-state index contributed by atoms with van der Waals surface area (Å²) in [6.45, 7) is 4.74. The molecule has 1 fully saturated rings. The van der Waals surface area contributed by atoms with Crippen LogP contribution in [0.4, 0.5) is 20.4 Å². The molecule has 1 unspecified atom stereocenters. The Morgan fingerprint density at radius 1 is 1.32 bits per heavy atom. The van der Waals surface area contributed by atoms with Gasteiger partial charge in [-0.1, -0.05) is 37.1 Å². The van der Waals surface area contributed by atoms with Crippen LogP contribution >= 0.6 is 11.3 Å². The molecule has 1 aromatic heterocycles. The summed E-state index contributed by atoms with van der Waals surface area (Å²) in [5.74, 6) is 0. The maximum atomic E-state index is 12.5. The third kappa shape index (κ3) is 4.33. The van der Waals surface area contributed by atoms with Crippen molar-refractivity contribution in [1.29, 1.82) is 0 Å². The number of aromatic nitrogens is 2. The van der Waals surface area contributed by atoms with Gasteiger partial charge >= 0.3 is 12.1 Å². The molecule has 0 aliphatic carbocycles. The van der Waals surface area contributed by atoms with Crippen LogP contribution in [0.1, 0.15) is 25.8 Å². The summed E-state index contributed by atoms with van der Waals surface area (Å²) in [6, 6.07) is 7.19. The number of nitrogens with zero attached hydrogens (tertiary/aromatic N) is 4. The van der Waals surface area contributed by atoms with Crippen molar-refractivity contribution in [2.75, 3.05) is 30.4 Å². The number of hydrogen-bond donors (Lipinski definition) is 1. The Bertz CT molecular complexity index is 843. The summed E-state index contributed by atoms with van der Waals surface area (Å²) in [5, 5.41) is 11.4. The van der Waals surface area contributed by atoms with E-state index in [1.165, 1.54) is 9.80 Å². The highest BCUT2D eigenvalue weighted by Gasteiger charge is 2.41. The molecule has 0 radical (unpaired) electrons. The van der Waals surface area contributed by atoms with Crippen molar-refractivity contribution >= 4 is 34.3 Å². The van der Waals surface area contributed by atoms with Crippen LogP contribution in [0.25, 0.3) is 0 Å². The van der Waals surface area contributed by atoms with Gasteiger partial charge in [-0.3, -0.25) is 5.32 Å². The van der Waals surface area contributed by atoms with Crippen molar-refractivity contribution in [2.24, 2.45) is 0 Å². The van der Waals surface area contributed by atoms with Gasteiger partial charge in [0.05, 0.1) is 13.2 Å². The monoisotopic (exact) mass is 405 g/mol. The first-order valence-electron chi connectivity index (χ1n) is 9.09. The summed E-state index contributed by atoms with van der Waals surface area (Å²) >= 11 is 1.14. The largest absolute Gasteiger partial charge is 0.469 e. The molecule has 0 saturated carbocycles. The second-order valence-corrected chi connectivity index (χ2v) is 7.15. The zero-order valence-electron chi connectivity index (χ0n) is 16.0. The predicted octanol–water partition coefficient (Wildman–Crippen LogP) is 3.34. The quantitative estimate of drug-likeness (QED) is 0.759. The number of amides is 3. The normalized spacial score (nSPS) is 16.4. The van der Waals surface area contributed by atoms with Crippen molar-refractivity contribution in [3.8, 4) is 5.19 Å². The van der Waals surface area contributed by atoms with Crippen LogP contribution in [0.2, 0.25) is 0 Å². The highest BCUT2D eigenvalue weighted by atomic mass is 32.1. The predicted molar refractivity (Wildman–Crippen MR) is 106 cm³/mol. The van der Waals surface area contributed by atoms with Crippen molar-refractivity contribution in [2.45, 2.75) is 32.9 Å². The Morgan fingerprint density at radius 2 is 2.11 bits per heavy atom. The minimum absolute atomic E-state index is 0.229. The van der Waals surface area contributed by atoms with E-state index in [2.05, 4.69) is 15.5 Å². The van der Waals surface area contributed by atoms with E-state index < -0.39 is 12.3 Å². The van der Waals surface area contributed by atoms with Gasteiger partial charge in [0.15, 0.2) is 0 Å². The fraction of sp³-hybridized carbons (Fsp3) is 0.444. The van der Waals surface area contributed by atoms with Gasteiger partial charge in [0, 0.05) is 12.7 Å². The van der Waals surface area contributed by atoms with E-state index in [1.807, 2.05) is 38.1 Å². The van der Waals surface area contributed by atoms with Crippen LogP contribution in [-0.2, 0) is 11.2 Å². The van der Waals surface area contributed by atoms with E-state index in [-0.39, 0.29) is 12.6 Å². The van der Waals surface area contributed by atoms with Gasteiger partial charge < -0.3 is 14.4 Å². The lowest BCUT2D eigenvalue weighted by Gasteiger charge is -2.20. The number of benzene rings is 1. The number of likely N-dealkylation sites (N-methyl/N-ethyl adjacent to an activating group) is 1. The minimum Gasteiger partial charge on any atom is -0.469 e. The van der Waals surface area contributed by atoms with Gasteiger partial charge in [-0.05, 0) is 35.8 Å². The van der Waals surface area contributed by atoms with E-state index in [0.29, 0.717) is 22.6 Å².